The summed E-state index contributed by atoms with van der Waals surface area (Å²) in [6.45, 7) is 8.47. The van der Waals surface area contributed by atoms with E-state index in [1.807, 2.05) is 45.9 Å². The van der Waals surface area contributed by atoms with Crippen LogP contribution in [0.25, 0.3) is 17.0 Å². The number of hydrogen-bond donors (Lipinski definition) is 1. The summed E-state index contributed by atoms with van der Waals surface area (Å²) in [6, 6.07) is 15.2. The summed E-state index contributed by atoms with van der Waals surface area (Å²) in [6.07, 6.45) is 3.19. The zero-order valence-electron chi connectivity index (χ0n) is 20.2. The number of benzene rings is 2. The molecule has 2 heterocycles. The van der Waals surface area contributed by atoms with Gasteiger partial charge in [0.1, 0.15) is 11.0 Å². The molecule has 2 aromatic carbocycles. The van der Waals surface area contributed by atoms with Gasteiger partial charge in [-0.1, -0.05) is 53.6 Å². The third-order valence-electron chi connectivity index (χ3n) is 5.84. The van der Waals surface area contributed by atoms with Crippen molar-refractivity contribution >= 4 is 34.5 Å². The molecule has 0 atom stereocenters. The molecule has 0 aliphatic carbocycles. The Labute approximate surface area is 209 Å². The van der Waals surface area contributed by atoms with Gasteiger partial charge in [0.05, 0.1) is 29.7 Å². The average Bonchev–Trinajstić information content (AvgIpc) is 3.09. The second kappa shape index (κ2) is 10.3. The Morgan fingerprint density at radius 3 is 2.57 bits per heavy atom. The molecule has 1 amide bonds. The van der Waals surface area contributed by atoms with E-state index >= 15 is 0 Å². The zero-order chi connectivity index (χ0) is 25.1. The lowest BCUT2D eigenvalue weighted by Gasteiger charge is -2.25. The maximum absolute atomic E-state index is 13.1. The number of hydrogen-bond acceptors (Lipinski definition) is 4. The molecule has 0 saturated carbocycles. The average molecular weight is 490 g/mol. The van der Waals surface area contributed by atoms with Crippen molar-refractivity contribution in [1.29, 1.82) is 0 Å². The van der Waals surface area contributed by atoms with E-state index in [2.05, 4.69) is 27.2 Å². The van der Waals surface area contributed by atoms with Crippen molar-refractivity contribution in [3.05, 3.63) is 98.3 Å². The highest BCUT2D eigenvalue weighted by Crippen LogP contribution is 2.23. The summed E-state index contributed by atoms with van der Waals surface area (Å²) in [4.78, 5) is 34.5. The van der Waals surface area contributed by atoms with Crippen molar-refractivity contribution in [2.24, 2.45) is 0 Å². The number of H-pyrrole nitrogens is 1. The van der Waals surface area contributed by atoms with E-state index < -0.39 is 0 Å². The van der Waals surface area contributed by atoms with Gasteiger partial charge in [-0.15, -0.1) is 0 Å². The first-order chi connectivity index (χ1) is 16.7. The first-order valence-electron chi connectivity index (χ1n) is 11.5. The lowest BCUT2D eigenvalue weighted by Crippen LogP contribution is -2.36. The van der Waals surface area contributed by atoms with Gasteiger partial charge in [-0.3, -0.25) is 9.59 Å². The molecule has 1 N–H and O–H groups in total. The van der Waals surface area contributed by atoms with Gasteiger partial charge in [-0.05, 0) is 51.5 Å². The van der Waals surface area contributed by atoms with Crippen molar-refractivity contribution in [1.82, 2.24) is 24.6 Å². The maximum atomic E-state index is 13.1. The van der Waals surface area contributed by atoms with Crippen molar-refractivity contribution < 1.29 is 4.79 Å². The van der Waals surface area contributed by atoms with E-state index in [1.54, 1.807) is 33.9 Å². The van der Waals surface area contributed by atoms with Gasteiger partial charge in [0, 0.05) is 17.7 Å². The normalized spacial score (nSPS) is 11.6. The molecule has 0 aliphatic heterocycles. The number of carbonyl (C=O) groups is 1. The number of nitrogens with one attached hydrogen (secondary N) is 1. The SMILES string of the molecule is Cc1ccc(Cn2nc(C)c(/C=C/C(=O)N(Cc3nc4ccccc4c(=O)[nH]3)C(C)C)c2Cl)cc1. The number of rotatable bonds is 7. The summed E-state index contributed by atoms with van der Waals surface area (Å²) in [5.74, 6) is 0.224. The molecule has 0 radical (unpaired) electrons. The van der Waals surface area contributed by atoms with Gasteiger partial charge in [0.25, 0.3) is 5.56 Å². The highest BCUT2D eigenvalue weighted by Gasteiger charge is 2.18. The van der Waals surface area contributed by atoms with Crippen LogP contribution in [-0.2, 0) is 17.9 Å². The molecule has 0 saturated heterocycles. The Morgan fingerprint density at radius 2 is 1.86 bits per heavy atom. The van der Waals surface area contributed by atoms with Gasteiger partial charge in [-0.25, -0.2) is 9.67 Å². The Bertz CT molecular complexity index is 1450. The van der Waals surface area contributed by atoms with E-state index in [4.69, 9.17) is 11.6 Å². The van der Waals surface area contributed by atoms with Crippen molar-refractivity contribution in [2.75, 3.05) is 0 Å². The Kier molecular flexibility index (Phi) is 7.17. The molecule has 0 unspecified atom stereocenters. The number of aromatic amines is 1. The number of carbonyl (C=O) groups excluding carboxylic acids is 1. The van der Waals surface area contributed by atoms with Gasteiger partial charge in [0.2, 0.25) is 5.91 Å². The monoisotopic (exact) mass is 489 g/mol. The minimum Gasteiger partial charge on any atom is -0.329 e. The van der Waals surface area contributed by atoms with Gasteiger partial charge >= 0.3 is 0 Å². The van der Waals surface area contributed by atoms with Crippen LogP contribution in [0.2, 0.25) is 5.15 Å². The topological polar surface area (TPSA) is 83.9 Å². The molecule has 4 aromatic rings. The Hall–Kier alpha value is -3.71. The molecule has 0 fully saturated rings. The number of para-hydroxylation sites is 1. The van der Waals surface area contributed by atoms with Crippen LogP contribution in [0.5, 0.6) is 0 Å². The summed E-state index contributed by atoms with van der Waals surface area (Å²) in [7, 11) is 0. The molecule has 4 rings (SSSR count). The van der Waals surface area contributed by atoms with Crippen LogP contribution in [0.3, 0.4) is 0 Å². The van der Waals surface area contributed by atoms with Crippen molar-refractivity contribution in [3.8, 4) is 0 Å². The minimum absolute atomic E-state index is 0.107. The van der Waals surface area contributed by atoms with Crippen molar-refractivity contribution in [2.45, 2.75) is 46.8 Å². The Morgan fingerprint density at radius 1 is 1.14 bits per heavy atom. The molecule has 7 nitrogen and oxygen atoms in total. The lowest BCUT2D eigenvalue weighted by molar-refractivity contribution is -0.128. The lowest BCUT2D eigenvalue weighted by atomic mass is 10.1. The first-order valence-corrected chi connectivity index (χ1v) is 11.9. The number of fused-ring (bicyclic) bond motifs is 1. The molecule has 35 heavy (non-hydrogen) atoms. The fraction of sp³-hybridized carbons (Fsp3) is 0.259. The minimum atomic E-state index is -0.222. The van der Waals surface area contributed by atoms with E-state index in [-0.39, 0.29) is 24.1 Å². The van der Waals surface area contributed by atoms with Crippen LogP contribution in [0.1, 0.15) is 42.1 Å². The number of nitrogens with zero attached hydrogens (tertiary/aromatic N) is 4. The molecule has 180 valence electrons. The van der Waals surface area contributed by atoms with Crippen LogP contribution in [-0.4, -0.2) is 36.6 Å². The number of amides is 1. The van der Waals surface area contributed by atoms with Gasteiger partial charge < -0.3 is 9.88 Å². The van der Waals surface area contributed by atoms with Crippen LogP contribution in [0.4, 0.5) is 0 Å². The third kappa shape index (κ3) is 5.52. The number of halogens is 1. The second-order valence-corrected chi connectivity index (χ2v) is 9.21. The predicted octanol–water partition coefficient (Wildman–Crippen LogP) is 4.89. The molecular weight excluding hydrogens is 462 g/mol. The number of aryl methyl sites for hydroxylation is 2. The van der Waals surface area contributed by atoms with Crippen LogP contribution in [0, 0.1) is 13.8 Å². The van der Waals surface area contributed by atoms with Gasteiger partial charge in [-0.2, -0.15) is 5.10 Å². The zero-order valence-corrected chi connectivity index (χ0v) is 21.0. The van der Waals surface area contributed by atoms with E-state index in [1.165, 1.54) is 11.6 Å². The predicted molar refractivity (Wildman–Crippen MR) is 139 cm³/mol. The third-order valence-corrected chi connectivity index (χ3v) is 6.24. The molecule has 8 heteroatoms. The van der Waals surface area contributed by atoms with Crippen molar-refractivity contribution in [3.63, 3.8) is 0 Å². The smallest absolute Gasteiger partial charge is 0.258 e. The molecule has 0 aliphatic rings. The summed E-state index contributed by atoms with van der Waals surface area (Å²) >= 11 is 6.61. The summed E-state index contributed by atoms with van der Waals surface area (Å²) in [5, 5.41) is 5.55. The van der Waals surface area contributed by atoms with Crippen LogP contribution < -0.4 is 5.56 Å². The fourth-order valence-corrected chi connectivity index (χ4v) is 4.16. The van der Waals surface area contributed by atoms with Crippen LogP contribution in [0.15, 0.2) is 59.4 Å². The highest BCUT2D eigenvalue weighted by atomic mass is 35.5. The largest absolute Gasteiger partial charge is 0.329 e. The quantitative estimate of drug-likeness (QED) is 0.375. The van der Waals surface area contributed by atoms with Gasteiger partial charge in [0.15, 0.2) is 0 Å². The maximum Gasteiger partial charge on any atom is 0.258 e. The molecule has 0 spiro atoms. The number of aromatic nitrogens is 4. The summed E-state index contributed by atoms with van der Waals surface area (Å²) in [5.41, 5.74) is 4.10. The van der Waals surface area contributed by atoms with E-state index in [0.29, 0.717) is 34.0 Å². The van der Waals surface area contributed by atoms with E-state index in [9.17, 15) is 9.59 Å². The molecule has 0 bridgehead atoms. The van der Waals surface area contributed by atoms with Crippen LogP contribution >= 0.6 is 11.6 Å². The second-order valence-electron chi connectivity index (χ2n) is 8.86. The van der Waals surface area contributed by atoms with E-state index in [0.717, 1.165) is 11.3 Å². The first kappa shape index (κ1) is 24.4. The summed E-state index contributed by atoms with van der Waals surface area (Å²) < 4.78 is 1.73. The molecular formula is C27H28ClN5O2. The standard InChI is InChI=1S/C27H28ClN5O2/c1-17(2)32(16-24-29-23-8-6-5-7-22(23)27(35)30-24)25(34)14-13-21-19(4)31-33(26(21)28)15-20-11-9-18(3)10-12-20/h5-14,17H,15-16H2,1-4H3,(H,29,30,35)/b14-13+. The fourth-order valence-electron chi connectivity index (χ4n) is 3.86. The Balaban J connectivity index is 1.54. The molecule has 2 aromatic heterocycles. The highest BCUT2D eigenvalue weighted by molar-refractivity contribution is 6.31.